The molecule has 3 nitrogen and oxygen atoms in total. The standard InChI is InChI=1S/C21H20Cl2N2O/c1-12(26)25(2)13-9-10-19-17(11-13)14-5-3-6-15(14)21(24-19)16-7-4-8-18(22)20(16)23/h3-5,7-11,14-15,21,24H,6H2,1-2H3. The van der Waals surface area contributed by atoms with E-state index >= 15 is 0 Å². The van der Waals surface area contributed by atoms with Crippen molar-refractivity contribution in [3.63, 3.8) is 0 Å². The van der Waals surface area contributed by atoms with Crippen molar-refractivity contribution in [1.82, 2.24) is 0 Å². The van der Waals surface area contributed by atoms with Gasteiger partial charge < -0.3 is 10.2 Å². The number of benzene rings is 2. The van der Waals surface area contributed by atoms with Gasteiger partial charge in [-0.1, -0.05) is 47.5 Å². The second-order valence-electron chi connectivity index (χ2n) is 6.97. The molecule has 3 atom stereocenters. The molecule has 26 heavy (non-hydrogen) atoms. The van der Waals surface area contributed by atoms with Gasteiger partial charge in [0, 0.05) is 31.3 Å². The summed E-state index contributed by atoms with van der Waals surface area (Å²) in [5.41, 5.74) is 4.26. The Morgan fingerprint density at radius 3 is 2.77 bits per heavy atom. The van der Waals surface area contributed by atoms with E-state index in [4.69, 9.17) is 23.2 Å². The van der Waals surface area contributed by atoms with Gasteiger partial charge in [0.1, 0.15) is 0 Å². The van der Waals surface area contributed by atoms with Gasteiger partial charge in [0.15, 0.2) is 0 Å². The number of amides is 1. The zero-order valence-electron chi connectivity index (χ0n) is 14.7. The van der Waals surface area contributed by atoms with Crippen LogP contribution in [0.1, 0.15) is 36.4 Å². The minimum atomic E-state index is 0.0239. The number of rotatable bonds is 2. The van der Waals surface area contributed by atoms with Crippen molar-refractivity contribution in [2.75, 3.05) is 17.3 Å². The van der Waals surface area contributed by atoms with Crippen LogP contribution < -0.4 is 10.2 Å². The highest BCUT2D eigenvalue weighted by atomic mass is 35.5. The SMILES string of the molecule is CC(=O)N(C)c1ccc2c(c1)C1C=CCC1C(c1cccc(Cl)c1Cl)N2. The summed E-state index contributed by atoms with van der Waals surface area (Å²) in [6.07, 6.45) is 5.49. The molecule has 0 saturated carbocycles. The van der Waals surface area contributed by atoms with Gasteiger partial charge in [-0.25, -0.2) is 0 Å². The van der Waals surface area contributed by atoms with Crippen LogP contribution in [0.15, 0.2) is 48.6 Å². The Hall–Kier alpha value is -1.97. The van der Waals surface area contributed by atoms with Crippen molar-refractivity contribution < 1.29 is 4.79 Å². The maximum atomic E-state index is 11.7. The highest BCUT2D eigenvalue weighted by molar-refractivity contribution is 6.42. The van der Waals surface area contributed by atoms with Gasteiger partial charge in [-0.2, -0.15) is 0 Å². The fourth-order valence-electron chi connectivity index (χ4n) is 4.04. The first-order chi connectivity index (χ1) is 12.5. The number of hydrogen-bond acceptors (Lipinski definition) is 2. The predicted octanol–water partition coefficient (Wildman–Crippen LogP) is 5.80. The normalized spacial score (nSPS) is 23.2. The highest BCUT2D eigenvalue weighted by Crippen LogP contribution is 2.51. The molecule has 0 fully saturated rings. The number of carbonyl (C=O) groups excluding carboxylic acids is 1. The zero-order chi connectivity index (χ0) is 18.4. The molecule has 0 aromatic heterocycles. The first-order valence-electron chi connectivity index (χ1n) is 8.72. The number of nitrogens with one attached hydrogen (secondary N) is 1. The molecule has 2 aromatic carbocycles. The number of anilines is 2. The topological polar surface area (TPSA) is 32.3 Å². The summed E-state index contributed by atoms with van der Waals surface area (Å²) >= 11 is 12.8. The molecule has 2 aromatic rings. The molecule has 5 heteroatoms. The fourth-order valence-corrected chi connectivity index (χ4v) is 4.47. The number of carbonyl (C=O) groups is 1. The molecule has 4 rings (SSSR count). The smallest absolute Gasteiger partial charge is 0.223 e. The van der Waals surface area contributed by atoms with Crippen LogP contribution >= 0.6 is 23.2 Å². The monoisotopic (exact) mass is 386 g/mol. The van der Waals surface area contributed by atoms with Gasteiger partial charge in [-0.05, 0) is 47.7 Å². The second kappa shape index (κ2) is 6.64. The summed E-state index contributed by atoms with van der Waals surface area (Å²) in [5, 5.41) is 4.86. The van der Waals surface area contributed by atoms with E-state index in [-0.39, 0.29) is 11.9 Å². The van der Waals surface area contributed by atoms with Crippen LogP contribution in [0, 0.1) is 5.92 Å². The van der Waals surface area contributed by atoms with Gasteiger partial charge >= 0.3 is 0 Å². The van der Waals surface area contributed by atoms with E-state index in [0.717, 1.165) is 23.4 Å². The summed E-state index contributed by atoms with van der Waals surface area (Å²) in [6, 6.07) is 12.1. The van der Waals surface area contributed by atoms with Crippen LogP contribution in [0.3, 0.4) is 0 Å². The predicted molar refractivity (Wildman–Crippen MR) is 108 cm³/mol. The first-order valence-corrected chi connectivity index (χ1v) is 9.48. The van der Waals surface area contributed by atoms with Crippen molar-refractivity contribution in [2.24, 2.45) is 5.92 Å². The lowest BCUT2D eigenvalue weighted by atomic mass is 9.77. The van der Waals surface area contributed by atoms with Gasteiger partial charge in [-0.3, -0.25) is 4.79 Å². The molecule has 1 heterocycles. The Bertz CT molecular complexity index is 909. The molecule has 1 aliphatic carbocycles. The van der Waals surface area contributed by atoms with E-state index < -0.39 is 0 Å². The van der Waals surface area contributed by atoms with Gasteiger partial charge in [0.25, 0.3) is 0 Å². The van der Waals surface area contributed by atoms with Gasteiger partial charge in [0.05, 0.1) is 16.1 Å². The summed E-state index contributed by atoms with van der Waals surface area (Å²) in [7, 11) is 1.80. The summed E-state index contributed by atoms with van der Waals surface area (Å²) < 4.78 is 0. The Morgan fingerprint density at radius 2 is 2.00 bits per heavy atom. The van der Waals surface area contributed by atoms with Crippen LogP contribution in [0.4, 0.5) is 11.4 Å². The van der Waals surface area contributed by atoms with E-state index in [1.165, 1.54) is 5.56 Å². The molecule has 0 spiro atoms. The molecule has 0 bridgehead atoms. The van der Waals surface area contributed by atoms with E-state index in [1.54, 1.807) is 18.9 Å². The van der Waals surface area contributed by atoms with E-state index in [0.29, 0.717) is 21.9 Å². The third kappa shape index (κ3) is 2.80. The molecule has 134 valence electrons. The second-order valence-corrected chi connectivity index (χ2v) is 7.75. The fraction of sp³-hybridized carbons (Fsp3) is 0.286. The quantitative estimate of drug-likeness (QED) is 0.661. The molecule has 2 aliphatic rings. The highest BCUT2D eigenvalue weighted by Gasteiger charge is 2.39. The average Bonchev–Trinajstić information content (AvgIpc) is 3.12. The minimum Gasteiger partial charge on any atom is -0.378 e. The number of hydrogen-bond donors (Lipinski definition) is 1. The molecular weight excluding hydrogens is 367 g/mol. The third-order valence-corrected chi connectivity index (χ3v) is 6.36. The number of nitrogens with zero attached hydrogens (tertiary/aromatic N) is 1. The first kappa shape index (κ1) is 17.4. The summed E-state index contributed by atoms with van der Waals surface area (Å²) in [5.74, 6) is 0.693. The van der Waals surface area contributed by atoms with Crippen molar-refractivity contribution in [2.45, 2.75) is 25.3 Å². The number of fused-ring (bicyclic) bond motifs is 3. The zero-order valence-corrected chi connectivity index (χ0v) is 16.2. The van der Waals surface area contributed by atoms with E-state index in [1.807, 2.05) is 24.3 Å². The molecule has 0 saturated heterocycles. The average molecular weight is 387 g/mol. The molecular formula is C21H20Cl2N2O. The Balaban J connectivity index is 1.77. The molecule has 1 amide bonds. The number of halogens is 2. The van der Waals surface area contributed by atoms with Crippen LogP contribution in [-0.4, -0.2) is 13.0 Å². The molecule has 3 unspecified atom stereocenters. The van der Waals surface area contributed by atoms with Gasteiger partial charge in [0.2, 0.25) is 5.91 Å². The molecule has 1 aliphatic heterocycles. The van der Waals surface area contributed by atoms with Crippen molar-refractivity contribution >= 4 is 40.5 Å². The minimum absolute atomic E-state index is 0.0239. The molecule has 0 radical (unpaired) electrons. The lowest BCUT2D eigenvalue weighted by molar-refractivity contribution is -0.116. The van der Waals surface area contributed by atoms with Crippen molar-refractivity contribution in [3.8, 4) is 0 Å². The Labute approximate surface area is 163 Å². The van der Waals surface area contributed by atoms with Crippen molar-refractivity contribution in [3.05, 3.63) is 69.7 Å². The summed E-state index contributed by atoms with van der Waals surface area (Å²) in [6.45, 7) is 1.58. The maximum absolute atomic E-state index is 11.7. The lowest BCUT2D eigenvalue weighted by Crippen LogP contribution is -2.30. The van der Waals surface area contributed by atoms with Crippen molar-refractivity contribution in [1.29, 1.82) is 0 Å². The Kier molecular flexibility index (Phi) is 4.45. The Morgan fingerprint density at radius 1 is 1.19 bits per heavy atom. The van der Waals surface area contributed by atoms with Crippen LogP contribution in [0.2, 0.25) is 10.0 Å². The third-order valence-electron chi connectivity index (χ3n) is 5.52. The lowest BCUT2D eigenvalue weighted by Gasteiger charge is -2.38. The maximum Gasteiger partial charge on any atom is 0.223 e. The van der Waals surface area contributed by atoms with E-state index in [2.05, 4.69) is 29.6 Å². The largest absolute Gasteiger partial charge is 0.378 e. The molecule has 1 N–H and O–H groups in total. The summed E-state index contributed by atoms with van der Waals surface area (Å²) in [4.78, 5) is 13.4. The van der Waals surface area contributed by atoms with Crippen LogP contribution in [0.25, 0.3) is 0 Å². The number of allylic oxidation sites excluding steroid dienone is 2. The van der Waals surface area contributed by atoms with Crippen LogP contribution in [0.5, 0.6) is 0 Å². The van der Waals surface area contributed by atoms with E-state index in [9.17, 15) is 4.79 Å². The van der Waals surface area contributed by atoms with Crippen LogP contribution in [-0.2, 0) is 4.79 Å². The van der Waals surface area contributed by atoms with Gasteiger partial charge in [-0.15, -0.1) is 0 Å².